The minimum Gasteiger partial charge on any atom is -0.354 e. The molecule has 0 aliphatic heterocycles. The molecule has 6 nitrogen and oxygen atoms in total. The number of amides is 1. The van der Waals surface area contributed by atoms with E-state index in [1.807, 2.05) is 61.5 Å². The van der Waals surface area contributed by atoms with Crippen LogP contribution in [0.15, 0.2) is 59.4 Å². The largest absolute Gasteiger partial charge is 0.354 e. The zero-order valence-corrected chi connectivity index (χ0v) is 15.0. The van der Waals surface area contributed by atoms with E-state index in [1.165, 1.54) is 9.25 Å². The Bertz CT molecular complexity index is 940. The van der Waals surface area contributed by atoms with Gasteiger partial charge in [0.25, 0.3) is 0 Å². The average molecular weight is 350 g/mol. The molecule has 1 amide bonds. The fourth-order valence-electron chi connectivity index (χ4n) is 2.73. The van der Waals surface area contributed by atoms with Crippen molar-refractivity contribution >= 4 is 5.91 Å². The molecule has 0 saturated heterocycles. The van der Waals surface area contributed by atoms with Crippen LogP contribution < -0.4 is 11.0 Å². The molecule has 134 valence electrons. The maximum atomic E-state index is 12.3. The molecule has 1 heterocycles. The van der Waals surface area contributed by atoms with Crippen molar-refractivity contribution in [2.45, 2.75) is 19.9 Å². The second-order valence-electron chi connectivity index (χ2n) is 6.27. The highest BCUT2D eigenvalue weighted by atomic mass is 16.2. The first-order chi connectivity index (χ1) is 12.5. The summed E-state index contributed by atoms with van der Waals surface area (Å²) in [4.78, 5) is 24.5. The third-order valence-corrected chi connectivity index (χ3v) is 4.22. The van der Waals surface area contributed by atoms with Gasteiger partial charge in [0.15, 0.2) is 5.82 Å². The van der Waals surface area contributed by atoms with Crippen LogP contribution in [0.2, 0.25) is 0 Å². The Kier molecular flexibility index (Phi) is 5.31. The molecule has 26 heavy (non-hydrogen) atoms. The van der Waals surface area contributed by atoms with Gasteiger partial charge in [0.1, 0.15) is 6.54 Å². The maximum Gasteiger partial charge on any atom is 0.346 e. The van der Waals surface area contributed by atoms with Gasteiger partial charge in [-0.1, -0.05) is 60.2 Å². The van der Waals surface area contributed by atoms with Gasteiger partial charge in [-0.3, -0.25) is 9.36 Å². The predicted molar refractivity (Wildman–Crippen MR) is 101 cm³/mol. The molecule has 2 aromatic carbocycles. The quantitative estimate of drug-likeness (QED) is 0.738. The number of carbonyl (C=O) groups excluding carboxylic acids is 1. The maximum absolute atomic E-state index is 12.3. The van der Waals surface area contributed by atoms with Gasteiger partial charge < -0.3 is 5.32 Å². The van der Waals surface area contributed by atoms with Crippen LogP contribution in [0.3, 0.4) is 0 Å². The lowest BCUT2D eigenvalue weighted by atomic mass is 10.1. The highest BCUT2D eigenvalue weighted by molar-refractivity contribution is 5.75. The minimum absolute atomic E-state index is 0.0900. The molecule has 0 aliphatic rings. The monoisotopic (exact) mass is 350 g/mol. The van der Waals surface area contributed by atoms with Crippen LogP contribution in [0, 0.1) is 6.92 Å². The Morgan fingerprint density at radius 1 is 1.08 bits per heavy atom. The molecular weight excluding hydrogens is 328 g/mol. The lowest BCUT2D eigenvalue weighted by Gasteiger charge is -2.05. The standard InChI is InChI=1S/C20H22N4O2/c1-15-8-10-17(11-9-15)19-22-24(20(26)23(19)2)14-18(25)21-13-12-16-6-4-3-5-7-16/h3-11H,12-14H2,1-2H3,(H,21,25). The van der Waals surface area contributed by atoms with Crippen molar-refractivity contribution in [2.24, 2.45) is 7.05 Å². The number of hydrogen-bond acceptors (Lipinski definition) is 3. The van der Waals surface area contributed by atoms with E-state index >= 15 is 0 Å². The molecule has 3 rings (SSSR count). The first-order valence-electron chi connectivity index (χ1n) is 8.56. The Labute approximate surface area is 152 Å². The smallest absolute Gasteiger partial charge is 0.346 e. The third kappa shape index (κ3) is 4.08. The summed E-state index contributed by atoms with van der Waals surface area (Å²) in [5.41, 5.74) is 2.83. The second kappa shape index (κ2) is 7.82. The Balaban J connectivity index is 1.64. The number of aromatic nitrogens is 3. The number of rotatable bonds is 6. The van der Waals surface area contributed by atoms with Gasteiger partial charge in [0.05, 0.1) is 0 Å². The molecule has 0 fully saturated rings. The minimum atomic E-state index is -0.307. The summed E-state index contributed by atoms with van der Waals surface area (Å²) in [5.74, 6) is 0.323. The van der Waals surface area contributed by atoms with Gasteiger partial charge in [-0.25, -0.2) is 9.48 Å². The van der Waals surface area contributed by atoms with Crippen molar-refractivity contribution in [3.8, 4) is 11.4 Å². The summed E-state index contributed by atoms with van der Waals surface area (Å²) in [7, 11) is 1.66. The highest BCUT2D eigenvalue weighted by Gasteiger charge is 2.14. The van der Waals surface area contributed by atoms with Crippen LogP contribution in [-0.2, 0) is 24.8 Å². The Morgan fingerprint density at radius 3 is 2.46 bits per heavy atom. The Morgan fingerprint density at radius 2 is 1.77 bits per heavy atom. The van der Waals surface area contributed by atoms with Gasteiger partial charge >= 0.3 is 5.69 Å². The molecule has 1 aromatic heterocycles. The highest BCUT2D eigenvalue weighted by Crippen LogP contribution is 2.15. The summed E-state index contributed by atoms with van der Waals surface area (Å²) < 4.78 is 2.66. The van der Waals surface area contributed by atoms with Crippen molar-refractivity contribution in [1.82, 2.24) is 19.7 Å². The summed E-state index contributed by atoms with van der Waals surface area (Å²) in [6.07, 6.45) is 0.748. The van der Waals surface area contributed by atoms with E-state index in [4.69, 9.17) is 0 Å². The first-order valence-corrected chi connectivity index (χ1v) is 8.56. The zero-order valence-electron chi connectivity index (χ0n) is 15.0. The summed E-state index contributed by atoms with van der Waals surface area (Å²) in [6.45, 7) is 2.43. The molecular formula is C20H22N4O2. The van der Waals surface area contributed by atoms with Gasteiger partial charge in [-0.05, 0) is 18.9 Å². The fourth-order valence-corrected chi connectivity index (χ4v) is 2.73. The zero-order chi connectivity index (χ0) is 18.5. The van der Waals surface area contributed by atoms with Crippen molar-refractivity contribution in [2.75, 3.05) is 6.54 Å². The molecule has 0 bridgehead atoms. The van der Waals surface area contributed by atoms with Gasteiger partial charge in [-0.15, -0.1) is 5.10 Å². The fraction of sp³-hybridized carbons (Fsp3) is 0.250. The van der Waals surface area contributed by atoms with E-state index < -0.39 is 0 Å². The SMILES string of the molecule is Cc1ccc(-c2nn(CC(=O)NCCc3ccccc3)c(=O)n2C)cc1. The van der Waals surface area contributed by atoms with Crippen LogP contribution >= 0.6 is 0 Å². The van der Waals surface area contributed by atoms with E-state index in [9.17, 15) is 9.59 Å². The molecule has 1 N–H and O–H groups in total. The van der Waals surface area contributed by atoms with E-state index in [2.05, 4.69) is 10.4 Å². The molecule has 0 unspecified atom stereocenters. The van der Waals surface area contributed by atoms with Crippen LogP contribution in [0.1, 0.15) is 11.1 Å². The number of aryl methyl sites for hydroxylation is 1. The molecule has 0 aliphatic carbocycles. The van der Waals surface area contributed by atoms with E-state index in [0.29, 0.717) is 12.4 Å². The van der Waals surface area contributed by atoms with Crippen molar-refractivity contribution < 1.29 is 4.79 Å². The normalized spacial score (nSPS) is 10.7. The predicted octanol–water partition coefficient (Wildman–Crippen LogP) is 1.92. The topological polar surface area (TPSA) is 68.9 Å². The second-order valence-corrected chi connectivity index (χ2v) is 6.27. The van der Waals surface area contributed by atoms with Gasteiger partial charge in [-0.2, -0.15) is 0 Å². The summed E-state index contributed by atoms with van der Waals surface area (Å²) in [5, 5.41) is 7.16. The third-order valence-electron chi connectivity index (χ3n) is 4.22. The van der Waals surface area contributed by atoms with E-state index in [1.54, 1.807) is 7.05 Å². The van der Waals surface area contributed by atoms with Crippen molar-refractivity contribution in [3.63, 3.8) is 0 Å². The van der Waals surface area contributed by atoms with E-state index in [0.717, 1.165) is 23.1 Å². The van der Waals surface area contributed by atoms with Crippen LogP contribution in [0.5, 0.6) is 0 Å². The van der Waals surface area contributed by atoms with Crippen LogP contribution in [0.4, 0.5) is 0 Å². The lowest BCUT2D eigenvalue weighted by Crippen LogP contribution is -2.34. The molecule has 0 spiro atoms. The van der Waals surface area contributed by atoms with E-state index in [-0.39, 0.29) is 18.1 Å². The Hall–Kier alpha value is -3.15. The van der Waals surface area contributed by atoms with Gasteiger partial charge in [0, 0.05) is 19.2 Å². The number of benzene rings is 2. The van der Waals surface area contributed by atoms with Gasteiger partial charge in [0.2, 0.25) is 5.91 Å². The summed E-state index contributed by atoms with van der Waals surface area (Å²) >= 11 is 0. The molecule has 6 heteroatoms. The number of hydrogen-bond donors (Lipinski definition) is 1. The lowest BCUT2D eigenvalue weighted by molar-refractivity contribution is -0.121. The average Bonchev–Trinajstić information content (AvgIpc) is 2.92. The molecule has 0 atom stereocenters. The molecule has 3 aromatic rings. The summed E-state index contributed by atoms with van der Waals surface area (Å²) in [6, 6.07) is 17.7. The first kappa shape index (κ1) is 17.7. The number of nitrogens with zero attached hydrogens (tertiary/aromatic N) is 3. The number of nitrogens with one attached hydrogen (secondary N) is 1. The molecule has 0 saturated carbocycles. The van der Waals surface area contributed by atoms with Crippen LogP contribution in [0.25, 0.3) is 11.4 Å². The van der Waals surface area contributed by atoms with Crippen LogP contribution in [-0.4, -0.2) is 26.8 Å². The number of carbonyl (C=O) groups is 1. The van der Waals surface area contributed by atoms with Crippen molar-refractivity contribution in [3.05, 3.63) is 76.2 Å². The molecule has 0 radical (unpaired) electrons. The van der Waals surface area contributed by atoms with Crippen molar-refractivity contribution in [1.29, 1.82) is 0 Å².